The van der Waals surface area contributed by atoms with E-state index < -0.39 is 0 Å². The Balaban J connectivity index is 1.21. The van der Waals surface area contributed by atoms with Crippen LogP contribution in [0, 0.1) is 0 Å². The summed E-state index contributed by atoms with van der Waals surface area (Å²) in [6, 6.07) is 57.6. The number of benzene rings is 8. The molecule has 0 saturated carbocycles. The van der Waals surface area contributed by atoms with Crippen LogP contribution in [0.2, 0.25) is 0 Å². The van der Waals surface area contributed by atoms with Gasteiger partial charge in [0.15, 0.2) is 0 Å². The van der Waals surface area contributed by atoms with E-state index in [1.54, 1.807) is 0 Å². The molecule has 0 spiro atoms. The number of rotatable bonds is 1. The highest BCUT2D eigenvalue weighted by Gasteiger charge is 2.45. The predicted molar refractivity (Wildman–Crippen MR) is 228 cm³/mol. The number of anilines is 2. The van der Waals surface area contributed by atoms with Gasteiger partial charge in [0.1, 0.15) is 0 Å². The number of nitrogens with zero attached hydrogens (tertiary/aromatic N) is 2. The monoisotopic (exact) mass is 690 g/mol. The molecule has 3 aliphatic rings. The fourth-order valence-electron chi connectivity index (χ4n) is 10.4. The Labute approximate surface area is 311 Å². The van der Waals surface area contributed by atoms with Gasteiger partial charge in [-0.15, -0.1) is 11.3 Å². The van der Waals surface area contributed by atoms with Crippen LogP contribution in [-0.4, -0.2) is 11.4 Å². The van der Waals surface area contributed by atoms with Crippen molar-refractivity contribution in [2.45, 2.75) is 19.3 Å². The van der Waals surface area contributed by atoms with Crippen LogP contribution in [0.25, 0.3) is 80.7 Å². The largest absolute Gasteiger partial charge is 0.376 e. The summed E-state index contributed by atoms with van der Waals surface area (Å²) in [6.45, 7) is 4.77. The van der Waals surface area contributed by atoms with Crippen LogP contribution in [0.5, 0.6) is 0 Å². The fourth-order valence-corrected chi connectivity index (χ4v) is 11.6. The minimum atomic E-state index is -0.101. The molecule has 0 unspecified atom stereocenters. The first-order valence-corrected chi connectivity index (χ1v) is 19.5. The average molecular weight is 691 g/mol. The second-order valence-corrected chi connectivity index (χ2v) is 16.7. The molecule has 4 heterocycles. The second kappa shape index (κ2) is 9.66. The first-order chi connectivity index (χ1) is 26.1. The number of para-hydroxylation sites is 1. The summed E-state index contributed by atoms with van der Waals surface area (Å²) in [5.41, 5.74) is 17.3. The Morgan fingerprint density at radius 1 is 0.528 bits per heavy atom. The van der Waals surface area contributed by atoms with E-state index >= 15 is 0 Å². The minimum absolute atomic E-state index is 0.0188. The molecule has 8 aromatic carbocycles. The molecule has 0 radical (unpaired) electrons. The third-order valence-corrected chi connectivity index (χ3v) is 13.9. The maximum Gasteiger partial charge on any atom is 0.333 e. The molecule has 0 bridgehead atoms. The first-order valence-electron chi connectivity index (χ1n) is 18.6. The standard InChI is InChI=1S/C49H31BN2S/c1-49(2)39-19-9-7-16-33(39)34-23-22-31(27-40(34)49)52-42-26-29-13-4-3-12-28(29)24-37(42)38-25-30-14-5-6-15-32(30)46-44(38)50(52)41-20-11-18-36-45(41)51(46)47-35-17-8-10-21-43(35)53-48(36)47/h3-27H,1-2H3. The van der Waals surface area contributed by atoms with Gasteiger partial charge < -0.3 is 9.38 Å². The van der Waals surface area contributed by atoms with E-state index in [-0.39, 0.29) is 12.3 Å². The zero-order chi connectivity index (χ0) is 34.7. The van der Waals surface area contributed by atoms with Gasteiger partial charge in [0, 0.05) is 43.2 Å². The summed E-state index contributed by atoms with van der Waals surface area (Å²) < 4.78 is 5.36. The third kappa shape index (κ3) is 3.42. The summed E-state index contributed by atoms with van der Waals surface area (Å²) in [4.78, 5) is 2.69. The predicted octanol–water partition coefficient (Wildman–Crippen LogP) is 11.8. The smallest absolute Gasteiger partial charge is 0.333 e. The maximum absolute atomic E-state index is 2.69. The van der Waals surface area contributed by atoms with E-state index in [0.717, 1.165) is 0 Å². The molecule has 53 heavy (non-hydrogen) atoms. The van der Waals surface area contributed by atoms with Crippen LogP contribution < -0.4 is 15.7 Å². The first kappa shape index (κ1) is 28.5. The van der Waals surface area contributed by atoms with Crippen molar-refractivity contribution in [3.05, 3.63) is 163 Å². The molecule has 0 amide bonds. The van der Waals surface area contributed by atoms with Crippen molar-refractivity contribution in [2.75, 3.05) is 4.81 Å². The minimum Gasteiger partial charge on any atom is -0.376 e. The summed E-state index contributed by atoms with van der Waals surface area (Å²) >= 11 is 1.93. The van der Waals surface area contributed by atoms with Crippen LogP contribution in [0.1, 0.15) is 25.0 Å². The van der Waals surface area contributed by atoms with Gasteiger partial charge in [-0.3, -0.25) is 0 Å². The molecule has 13 rings (SSSR count). The normalized spacial score (nSPS) is 14.7. The zero-order valence-electron chi connectivity index (χ0n) is 29.3. The summed E-state index contributed by atoms with van der Waals surface area (Å²) in [5, 5.41) is 7.78. The lowest BCUT2D eigenvalue weighted by atomic mass is 9.43. The van der Waals surface area contributed by atoms with E-state index in [1.807, 2.05) is 11.3 Å². The van der Waals surface area contributed by atoms with E-state index in [1.165, 1.54) is 114 Å². The second-order valence-electron chi connectivity index (χ2n) is 15.7. The number of fused-ring (bicyclic) bond motifs is 15. The van der Waals surface area contributed by atoms with Gasteiger partial charge in [-0.2, -0.15) is 0 Å². The van der Waals surface area contributed by atoms with Crippen molar-refractivity contribution >= 4 is 93.2 Å². The lowest BCUT2D eigenvalue weighted by Gasteiger charge is -2.43. The summed E-state index contributed by atoms with van der Waals surface area (Å²) in [7, 11) is 0. The van der Waals surface area contributed by atoms with Crippen LogP contribution in [-0.2, 0) is 5.41 Å². The Bertz CT molecular complexity index is 3290. The quantitative estimate of drug-likeness (QED) is 0.156. The van der Waals surface area contributed by atoms with Crippen molar-refractivity contribution < 1.29 is 0 Å². The van der Waals surface area contributed by atoms with Gasteiger partial charge in [0.25, 0.3) is 0 Å². The van der Waals surface area contributed by atoms with Crippen LogP contribution in [0.15, 0.2) is 152 Å². The Kier molecular flexibility index (Phi) is 5.19. The summed E-state index contributed by atoms with van der Waals surface area (Å²) in [6.07, 6.45) is 0. The average Bonchev–Trinajstić information content (AvgIpc) is 3.81. The van der Waals surface area contributed by atoms with E-state index in [4.69, 9.17) is 0 Å². The zero-order valence-corrected chi connectivity index (χ0v) is 30.1. The van der Waals surface area contributed by atoms with E-state index in [9.17, 15) is 0 Å². The molecule has 0 atom stereocenters. The lowest BCUT2D eigenvalue weighted by molar-refractivity contribution is 0.660. The molecule has 1 aliphatic carbocycles. The van der Waals surface area contributed by atoms with E-state index in [0.29, 0.717) is 0 Å². The molecule has 2 aliphatic heterocycles. The summed E-state index contributed by atoms with van der Waals surface area (Å²) in [5.74, 6) is 0. The molecule has 0 fully saturated rings. The highest BCUT2D eigenvalue weighted by molar-refractivity contribution is 7.26. The van der Waals surface area contributed by atoms with Crippen molar-refractivity contribution in [1.29, 1.82) is 0 Å². The maximum atomic E-state index is 2.69. The molecule has 0 saturated heterocycles. The van der Waals surface area contributed by atoms with Gasteiger partial charge in [-0.05, 0) is 91.3 Å². The number of hydrogen-bond donors (Lipinski definition) is 0. The highest BCUT2D eigenvalue weighted by Crippen LogP contribution is 2.53. The van der Waals surface area contributed by atoms with Gasteiger partial charge in [0.05, 0.1) is 21.4 Å². The molecule has 4 heteroatoms. The number of aromatic nitrogens is 1. The lowest BCUT2D eigenvalue weighted by Crippen LogP contribution is -2.60. The Morgan fingerprint density at radius 2 is 1.23 bits per heavy atom. The fraction of sp³-hybridized carbons (Fsp3) is 0.0612. The molecule has 2 nitrogen and oxygen atoms in total. The number of hydrogen-bond acceptors (Lipinski definition) is 2. The number of thiophene rings is 1. The third-order valence-electron chi connectivity index (χ3n) is 12.7. The van der Waals surface area contributed by atoms with Gasteiger partial charge >= 0.3 is 6.85 Å². The van der Waals surface area contributed by atoms with Crippen molar-refractivity contribution in [1.82, 2.24) is 4.57 Å². The SMILES string of the molecule is CC1(C)c2ccccc2-c2ccc(N3B4c5c(cc6ccccc6c5-n5c6c4cccc6c4sc6ccccc6c45)-c4cc5ccccc5cc43)cc21. The van der Waals surface area contributed by atoms with Crippen LogP contribution >= 0.6 is 11.3 Å². The van der Waals surface area contributed by atoms with Gasteiger partial charge in [-0.1, -0.05) is 129 Å². The Morgan fingerprint density at radius 3 is 2.11 bits per heavy atom. The van der Waals surface area contributed by atoms with Crippen molar-refractivity contribution in [3.63, 3.8) is 0 Å². The topological polar surface area (TPSA) is 8.17 Å². The molecule has 10 aromatic rings. The van der Waals surface area contributed by atoms with Gasteiger partial charge in [0.2, 0.25) is 0 Å². The van der Waals surface area contributed by atoms with Crippen molar-refractivity contribution in [2.24, 2.45) is 0 Å². The Hall–Kier alpha value is -6.10. The highest BCUT2D eigenvalue weighted by atomic mass is 32.1. The van der Waals surface area contributed by atoms with Gasteiger partial charge in [-0.25, -0.2) is 0 Å². The molecule has 2 aromatic heterocycles. The van der Waals surface area contributed by atoms with Crippen LogP contribution in [0.4, 0.5) is 11.4 Å². The molecule has 246 valence electrons. The molecular weight excluding hydrogens is 659 g/mol. The molecule has 0 N–H and O–H groups in total. The van der Waals surface area contributed by atoms with Crippen LogP contribution in [0.3, 0.4) is 0 Å². The van der Waals surface area contributed by atoms with Crippen molar-refractivity contribution in [3.8, 4) is 27.9 Å². The van der Waals surface area contributed by atoms with E-state index in [2.05, 4.69) is 175 Å². The molecular formula is C49H31BN2S.